The maximum Gasteiger partial charge on any atom is 0.245 e. The normalized spacial score (nSPS) is 11.0. The third kappa shape index (κ3) is 4.18. The van der Waals surface area contributed by atoms with Crippen LogP contribution in [0.2, 0.25) is 0 Å². The van der Waals surface area contributed by atoms with Gasteiger partial charge in [-0.15, -0.1) is 0 Å². The van der Waals surface area contributed by atoms with E-state index in [1.165, 1.54) is 0 Å². The van der Waals surface area contributed by atoms with Crippen LogP contribution in [0.3, 0.4) is 0 Å². The van der Waals surface area contributed by atoms with Crippen LogP contribution in [0.1, 0.15) is 11.3 Å². The Labute approximate surface area is 190 Å². The first-order chi connectivity index (χ1) is 16.1. The van der Waals surface area contributed by atoms with Gasteiger partial charge in [-0.2, -0.15) is 0 Å². The van der Waals surface area contributed by atoms with Crippen LogP contribution < -0.4 is 5.32 Å². The number of nitrogens with one attached hydrogen (secondary N) is 1. The van der Waals surface area contributed by atoms with E-state index in [-0.39, 0.29) is 12.5 Å². The Kier molecular flexibility index (Phi) is 5.32. The lowest BCUT2D eigenvalue weighted by Gasteiger charge is -2.10. The molecule has 5 aromatic rings. The van der Waals surface area contributed by atoms with Gasteiger partial charge in [0.1, 0.15) is 18.0 Å². The van der Waals surface area contributed by atoms with Gasteiger partial charge in [-0.05, 0) is 60.9 Å². The number of hydrogen-bond acceptors (Lipinski definition) is 6. The summed E-state index contributed by atoms with van der Waals surface area (Å²) < 4.78 is 1.84. The molecule has 0 aromatic carbocycles. The molecular formula is C25H21N7O. The zero-order valence-electron chi connectivity index (χ0n) is 18.2. The minimum atomic E-state index is -0.184. The van der Waals surface area contributed by atoms with Crippen LogP contribution in [0.4, 0.5) is 5.82 Å². The molecule has 0 aliphatic rings. The monoisotopic (exact) mass is 435 g/mol. The van der Waals surface area contributed by atoms with Crippen LogP contribution in [0.15, 0.2) is 73.7 Å². The van der Waals surface area contributed by atoms with Crippen LogP contribution in [0.25, 0.3) is 33.4 Å². The van der Waals surface area contributed by atoms with E-state index in [4.69, 9.17) is 0 Å². The number of carbonyl (C=O) groups excluding carboxylic acids is 1. The topological polar surface area (TPSA) is 98.5 Å². The molecule has 0 bridgehead atoms. The van der Waals surface area contributed by atoms with Gasteiger partial charge < -0.3 is 9.88 Å². The lowest BCUT2D eigenvalue weighted by molar-refractivity contribution is -0.116. The Hall–Kier alpha value is -4.46. The smallest absolute Gasteiger partial charge is 0.245 e. The van der Waals surface area contributed by atoms with Gasteiger partial charge in [0, 0.05) is 53.8 Å². The van der Waals surface area contributed by atoms with Crippen LogP contribution >= 0.6 is 0 Å². The van der Waals surface area contributed by atoms with E-state index in [1.807, 2.05) is 55.2 Å². The second kappa shape index (κ2) is 8.58. The molecule has 0 radical (unpaired) electrons. The average molecular weight is 435 g/mol. The average Bonchev–Trinajstić information content (AvgIpc) is 3.22. The number of hydrogen-bond donors (Lipinski definition) is 1. The van der Waals surface area contributed by atoms with Crippen LogP contribution in [0, 0.1) is 13.8 Å². The fraction of sp³-hybridized carbons (Fsp3) is 0.120. The first kappa shape index (κ1) is 20.4. The second-order valence-electron chi connectivity index (χ2n) is 7.75. The molecule has 0 saturated heterocycles. The molecule has 162 valence electrons. The Morgan fingerprint density at radius 2 is 1.82 bits per heavy atom. The summed E-state index contributed by atoms with van der Waals surface area (Å²) in [6.45, 7) is 4.14. The van der Waals surface area contributed by atoms with Gasteiger partial charge in [0.05, 0.1) is 11.9 Å². The summed E-state index contributed by atoms with van der Waals surface area (Å²) in [6.07, 6.45) is 12.1. The lowest BCUT2D eigenvalue weighted by Crippen LogP contribution is -2.19. The van der Waals surface area contributed by atoms with Crippen molar-refractivity contribution < 1.29 is 4.79 Å². The van der Waals surface area contributed by atoms with Gasteiger partial charge in [0.15, 0.2) is 0 Å². The summed E-state index contributed by atoms with van der Waals surface area (Å²) in [5, 5.41) is 3.85. The number of rotatable bonds is 5. The summed E-state index contributed by atoms with van der Waals surface area (Å²) >= 11 is 0. The quantitative estimate of drug-likeness (QED) is 0.444. The molecule has 0 unspecified atom stereocenters. The van der Waals surface area contributed by atoms with E-state index >= 15 is 0 Å². The molecule has 1 amide bonds. The van der Waals surface area contributed by atoms with Crippen molar-refractivity contribution in [1.82, 2.24) is 29.5 Å². The molecule has 0 saturated carbocycles. The number of amides is 1. The minimum absolute atomic E-state index is 0.127. The predicted molar refractivity (Wildman–Crippen MR) is 126 cm³/mol. The molecule has 1 N–H and O–H groups in total. The Balaban J connectivity index is 1.36. The zero-order valence-corrected chi connectivity index (χ0v) is 18.2. The van der Waals surface area contributed by atoms with Gasteiger partial charge >= 0.3 is 0 Å². The zero-order chi connectivity index (χ0) is 22.8. The van der Waals surface area contributed by atoms with Crippen LogP contribution in [-0.4, -0.2) is 35.4 Å². The molecule has 8 heteroatoms. The van der Waals surface area contributed by atoms with Gasteiger partial charge in [-0.25, -0.2) is 9.97 Å². The number of pyridine rings is 3. The highest BCUT2D eigenvalue weighted by molar-refractivity contribution is 5.96. The Morgan fingerprint density at radius 3 is 2.58 bits per heavy atom. The Morgan fingerprint density at radius 1 is 0.909 bits per heavy atom. The third-order valence-electron chi connectivity index (χ3n) is 5.37. The summed E-state index contributed by atoms with van der Waals surface area (Å²) in [5.74, 6) is 0.289. The SMILES string of the molecule is Cc1cc(-c2c(C)cnc3c2ccn3CC(=O)Nc2ccc(-c3cnccn3)cn2)ccn1. The van der Waals surface area contributed by atoms with E-state index < -0.39 is 0 Å². The van der Waals surface area contributed by atoms with Crippen molar-refractivity contribution in [2.24, 2.45) is 0 Å². The lowest BCUT2D eigenvalue weighted by atomic mass is 10.00. The van der Waals surface area contributed by atoms with Crippen molar-refractivity contribution in [1.29, 1.82) is 0 Å². The molecule has 0 aliphatic carbocycles. The fourth-order valence-electron chi connectivity index (χ4n) is 3.85. The molecule has 5 aromatic heterocycles. The van der Waals surface area contributed by atoms with Crippen molar-refractivity contribution in [3.63, 3.8) is 0 Å². The number of nitrogens with zero attached hydrogens (tertiary/aromatic N) is 6. The highest BCUT2D eigenvalue weighted by Crippen LogP contribution is 2.31. The van der Waals surface area contributed by atoms with E-state index in [0.717, 1.165) is 44.7 Å². The molecule has 0 aliphatic heterocycles. The number of aryl methyl sites for hydroxylation is 2. The molecule has 5 rings (SSSR count). The maximum absolute atomic E-state index is 12.7. The molecule has 0 fully saturated rings. The first-order valence-electron chi connectivity index (χ1n) is 10.5. The molecule has 8 nitrogen and oxygen atoms in total. The number of fused-ring (bicyclic) bond motifs is 1. The van der Waals surface area contributed by atoms with Gasteiger partial charge in [-0.3, -0.25) is 19.7 Å². The predicted octanol–water partition coefficient (Wildman–Crippen LogP) is 4.21. The number of carbonyl (C=O) groups is 1. The van der Waals surface area contributed by atoms with Crippen molar-refractivity contribution in [3.8, 4) is 22.4 Å². The Bertz CT molecular complexity index is 1440. The van der Waals surface area contributed by atoms with E-state index in [1.54, 1.807) is 30.9 Å². The summed E-state index contributed by atoms with van der Waals surface area (Å²) in [5.41, 5.74) is 6.52. The minimum Gasteiger partial charge on any atom is -0.323 e. The second-order valence-corrected chi connectivity index (χ2v) is 7.75. The maximum atomic E-state index is 12.7. The highest BCUT2D eigenvalue weighted by atomic mass is 16.2. The number of anilines is 1. The van der Waals surface area contributed by atoms with E-state index in [9.17, 15) is 4.79 Å². The van der Waals surface area contributed by atoms with Gasteiger partial charge in [0.25, 0.3) is 0 Å². The standard InChI is InChI=1S/C25H21N7O/c1-16-12-30-25-20(24(16)18-5-7-27-17(2)11-18)6-10-32(25)15-23(33)31-22-4-3-19(13-29-22)21-14-26-8-9-28-21/h3-14H,15H2,1-2H3,(H,29,31,33). The highest BCUT2D eigenvalue weighted by Gasteiger charge is 2.14. The van der Waals surface area contributed by atoms with E-state index in [2.05, 4.69) is 36.3 Å². The molecule has 5 heterocycles. The summed E-state index contributed by atoms with van der Waals surface area (Å²) in [6, 6.07) is 9.66. The van der Waals surface area contributed by atoms with Crippen molar-refractivity contribution >= 4 is 22.8 Å². The molecular weight excluding hydrogens is 414 g/mol. The van der Waals surface area contributed by atoms with Crippen LogP contribution in [-0.2, 0) is 11.3 Å². The van der Waals surface area contributed by atoms with E-state index in [0.29, 0.717) is 5.82 Å². The molecule has 0 atom stereocenters. The van der Waals surface area contributed by atoms with Gasteiger partial charge in [-0.1, -0.05) is 0 Å². The largest absolute Gasteiger partial charge is 0.323 e. The van der Waals surface area contributed by atoms with Crippen molar-refractivity contribution in [2.45, 2.75) is 20.4 Å². The van der Waals surface area contributed by atoms with Crippen molar-refractivity contribution in [2.75, 3.05) is 5.32 Å². The molecule has 33 heavy (non-hydrogen) atoms. The fourth-order valence-corrected chi connectivity index (χ4v) is 3.85. The molecule has 0 spiro atoms. The first-order valence-corrected chi connectivity index (χ1v) is 10.5. The summed E-state index contributed by atoms with van der Waals surface area (Å²) in [7, 11) is 0. The van der Waals surface area contributed by atoms with Crippen LogP contribution in [0.5, 0.6) is 0 Å². The van der Waals surface area contributed by atoms with Crippen molar-refractivity contribution in [3.05, 3.63) is 85.0 Å². The summed E-state index contributed by atoms with van der Waals surface area (Å²) in [4.78, 5) is 34.3. The third-order valence-corrected chi connectivity index (χ3v) is 5.37. The van der Waals surface area contributed by atoms with Gasteiger partial charge in [0.2, 0.25) is 5.91 Å². The number of aromatic nitrogens is 6.